The lowest BCUT2D eigenvalue weighted by molar-refractivity contribution is -0.0329. The fourth-order valence-corrected chi connectivity index (χ4v) is 3.49. The third kappa shape index (κ3) is 3.70. The average molecular weight is 405 g/mol. The Morgan fingerprint density at radius 3 is 2.37 bits per heavy atom. The lowest BCUT2D eigenvalue weighted by Gasteiger charge is -2.16. The lowest BCUT2D eigenvalue weighted by Crippen LogP contribution is -2.10. The van der Waals surface area contributed by atoms with Gasteiger partial charge < -0.3 is 9.84 Å². The zero-order chi connectivity index (χ0) is 19.9. The van der Waals surface area contributed by atoms with Gasteiger partial charge in [0.1, 0.15) is 29.5 Å². The highest BCUT2D eigenvalue weighted by Crippen LogP contribution is 2.53. The van der Waals surface area contributed by atoms with Crippen LogP contribution in [0.3, 0.4) is 0 Å². The van der Waals surface area contributed by atoms with Gasteiger partial charge in [-0.15, -0.1) is 0 Å². The topological polar surface area (TPSA) is 53.2 Å². The number of rotatable bonds is 3. The maximum Gasteiger partial charge on any atom is 0.446 e. The molecule has 3 atom stereocenters. The van der Waals surface area contributed by atoms with Crippen molar-refractivity contribution in [3.8, 4) is 17.6 Å². The highest BCUT2D eigenvalue weighted by molar-refractivity contribution is 8.00. The summed E-state index contributed by atoms with van der Waals surface area (Å²) in [6.07, 6.45) is -7.00. The second kappa shape index (κ2) is 6.98. The Bertz CT molecular complexity index is 927. The monoisotopic (exact) mass is 405 g/mol. The summed E-state index contributed by atoms with van der Waals surface area (Å²) in [7, 11) is 0. The summed E-state index contributed by atoms with van der Waals surface area (Å²) in [5.74, 6) is -1.30. The molecule has 2 aromatic carbocycles. The van der Waals surface area contributed by atoms with Crippen LogP contribution in [0.25, 0.3) is 0 Å². The number of aliphatic hydroxyl groups excluding tert-OH is 1. The molecule has 2 aromatic rings. The van der Waals surface area contributed by atoms with Crippen LogP contribution in [0, 0.1) is 17.1 Å². The van der Waals surface area contributed by atoms with Crippen molar-refractivity contribution >= 4 is 11.8 Å². The average Bonchev–Trinajstić information content (AvgIpc) is 2.82. The van der Waals surface area contributed by atoms with Gasteiger partial charge in [0.15, 0.2) is 12.3 Å². The lowest BCUT2D eigenvalue weighted by atomic mass is 10.1. The second-order valence-electron chi connectivity index (χ2n) is 5.58. The number of alkyl halides is 5. The Morgan fingerprint density at radius 1 is 1.07 bits per heavy atom. The zero-order valence-electron chi connectivity index (χ0n) is 13.1. The van der Waals surface area contributed by atoms with E-state index in [9.17, 15) is 31.4 Å². The van der Waals surface area contributed by atoms with E-state index in [1.165, 1.54) is 0 Å². The summed E-state index contributed by atoms with van der Waals surface area (Å²) in [5.41, 5.74) is -6.11. The Hall–Kier alpha value is -2.38. The summed E-state index contributed by atoms with van der Waals surface area (Å²) < 4.78 is 85.0. The van der Waals surface area contributed by atoms with Crippen molar-refractivity contribution in [2.75, 3.05) is 0 Å². The highest BCUT2D eigenvalue weighted by Gasteiger charge is 2.46. The summed E-state index contributed by atoms with van der Waals surface area (Å²) in [6, 6.07) is 6.44. The number of ether oxygens (including phenoxy) is 1. The summed E-state index contributed by atoms with van der Waals surface area (Å²) >= 11 is -0.612. The largest absolute Gasteiger partial charge is 0.456 e. The van der Waals surface area contributed by atoms with E-state index in [4.69, 9.17) is 10.00 Å². The number of benzene rings is 2. The Morgan fingerprint density at radius 2 is 1.74 bits per heavy atom. The third-order valence-electron chi connectivity index (χ3n) is 3.87. The van der Waals surface area contributed by atoms with Gasteiger partial charge in [-0.25, -0.2) is 13.2 Å². The molecule has 0 saturated heterocycles. The van der Waals surface area contributed by atoms with E-state index in [-0.39, 0.29) is 17.1 Å². The Labute approximate surface area is 153 Å². The van der Waals surface area contributed by atoms with Crippen molar-refractivity contribution in [1.82, 2.24) is 0 Å². The minimum atomic E-state index is -4.74. The molecule has 3 nitrogen and oxygen atoms in total. The predicted molar refractivity (Wildman–Crippen MR) is 83.2 cm³/mol. The fourth-order valence-electron chi connectivity index (χ4n) is 2.76. The molecule has 3 rings (SSSR count). The molecule has 1 N–H and O–H groups in total. The molecule has 0 unspecified atom stereocenters. The van der Waals surface area contributed by atoms with Crippen LogP contribution in [-0.2, 0) is 0 Å². The van der Waals surface area contributed by atoms with Crippen LogP contribution in [0.2, 0.25) is 0 Å². The number of nitrogens with zero attached hydrogens (tertiary/aromatic N) is 1. The summed E-state index contributed by atoms with van der Waals surface area (Å²) in [6.45, 7) is 0. The van der Waals surface area contributed by atoms with Crippen molar-refractivity contribution < 1.29 is 36.2 Å². The standard InChI is InChI=1S/C17H9F6NO2S/c18-8-1-2-9(7(5-8)6-24)26-10-3-4-11(27-17(21,22)23)13-12(10)14(19)15(20)16(13)25/h1-5,14-16,25H/t14-,15-,16+/m1/s1. The molecule has 0 radical (unpaired) electrons. The first kappa shape index (κ1) is 19.4. The van der Waals surface area contributed by atoms with Crippen LogP contribution >= 0.6 is 11.8 Å². The van der Waals surface area contributed by atoms with Crippen LogP contribution in [-0.4, -0.2) is 16.8 Å². The van der Waals surface area contributed by atoms with Gasteiger partial charge in [-0.1, -0.05) is 0 Å². The Kier molecular flexibility index (Phi) is 5.01. The van der Waals surface area contributed by atoms with Crippen molar-refractivity contribution in [1.29, 1.82) is 5.26 Å². The van der Waals surface area contributed by atoms with Crippen LogP contribution in [0.15, 0.2) is 35.2 Å². The van der Waals surface area contributed by atoms with Gasteiger partial charge in [-0.3, -0.25) is 0 Å². The summed E-state index contributed by atoms with van der Waals surface area (Å²) in [5, 5.41) is 18.9. The van der Waals surface area contributed by atoms with Crippen LogP contribution in [0.1, 0.15) is 29.0 Å². The van der Waals surface area contributed by atoms with Gasteiger partial charge in [0, 0.05) is 16.0 Å². The van der Waals surface area contributed by atoms with E-state index in [2.05, 4.69) is 0 Å². The number of halogens is 6. The molecule has 0 aromatic heterocycles. The molecule has 0 heterocycles. The van der Waals surface area contributed by atoms with Crippen molar-refractivity contribution in [3.63, 3.8) is 0 Å². The number of thioether (sulfide) groups is 1. The molecule has 1 aliphatic carbocycles. The fraction of sp³-hybridized carbons (Fsp3) is 0.235. The van der Waals surface area contributed by atoms with Crippen LogP contribution in [0.5, 0.6) is 11.5 Å². The zero-order valence-corrected chi connectivity index (χ0v) is 13.9. The molecule has 0 bridgehead atoms. The Balaban J connectivity index is 2.10. The third-order valence-corrected chi connectivity index (χ3v) is 4.67. The predicted octanol–water partition coefficient (Wildman–Crippen LogP) is 5.50. The number of hydrogen-bond donors (Lipinski definition) is 1. The normalized spacial score (nSPS) is 21.6. The maximum atomic E-state index is 14.4. The molecule has 0 aliphatic heterocycles. The van der Waals surface area contributed by atoms with Crippen molar-refractivity contribution in [3.05, 3.63) is 52.8 Å². The van der Waals surface area contributed by atoms with Crippen LogP contribution < -0.4 is 4.74 Å². The molecule has 1 aliphatic rings. The maximum absolute atomic E-state index is 14.4. The van der Waals surface area contributed by atoms with E-state index in [0.717, 1.165) is 30.3 Å². The number of hydrogen-bond acceptors (Lipinski definition) is 4. The summed E-state index contributed by atoms with van der Waals surface area (Å²) in [4.78, 5) is -0.556. The molecular formula is C17H9F6NO2S. The highest BCUT2D eigenvalue weighted by atomic mass is 32.2. The number of nitriles is 1. The van der Waals surface area contributed by atoms with E-state index in [1.807, 2.05) is 0 Å². The quantitative estimate of drug-likeness (QED) is 0.542. The van der Waals surface area contributed by atoms with Gasteiger partial charge in [-0.05, 0) is 42.1 Å². The molecular weight excluding hydrogens is 396 g/mol. The number of aliphatic hydroxyl groups is 1. The van der Waals surface area contributed by atoms with E-state index >= 15 is 0 Å². The molecule has 0 amide bonds. The van der Waals surface area contributed by atoms with Gasteiger partial charge >= 0.3 is 5.51 Å². The van der Waals surface area contributed by atoms with Crippen LogP contribution in [0.4, 0.5) is 26.3 Å². The molecule has 27 heavy (non-hydrogen) atoms. The molecule has 10 heteroatoms. The molecule has 0 saturated carbocycles. The first-order valence-corrected chi connectivity index (χ1v) is 8.20. The molecule has 0 fully saturated rings. The van der Waals surface area contributed by atoms with Crippen molar-refractivity contribution in [2.24, 2.45) is 0 Å². The minimum absolute atomic E-state index is 0.193. The first-order valence-electron chi connectivity index (χ1n) is 7.38. The first-order chi connectivity index (χ1) is 12.6. The van der Waals surface area contributed by atoms with Gasteiger partial charge in [-0.2, -0.15) is 18.4 Å². The van der Waals surface area contributed by atoms with Crippen molar-refractivity contribution in [2.45, 2.75) is 28.9 Å². The van der Waals surface area contributed by atoms with E-state index in [1.54, 1.807) is 6.07 Å². The SMILES string of the molecule is N#Cc1cc(F)ccc1Oc1ccc(SC(F)(F)F)c2c1[C@@H](F)[C@@H](F)[C@H]2O. The minimum Gasteiger partial charge on any atom is -0.456 e. The molecule has 142 valence electrons. The van der Waals surface area contributed by atoms with E-state index in [0.29, 0.717) is 0 Å². The second-order valence-corrected chi connectivity index (χ2v) is 6.69. The molecule has 0 spiro atoms. The number of fused-ring (bicyclic) bond motifs is 1. The van der Waals surface area contributed by atoms with Gasteiger partial charge in [0.2, 0.25) is 0 Å². The smallest absolute Gasteiger partial charge is 0.446 e. The van der Waals surface area contributed by atoms with Gasteiger partial charge in [0.25, 0.3) is 0 Å². The van der Waals surface area contributed by atoms with E-state index < -0.39 is 57.6 Å². The van der Waals surface area contributed by atoms with Gasteiger partial charge in [0.05, 0.1) is 5.56 Å².